The van der Waals surface area contributed by atoms with E-state index in [0.29, 0.717) is 17.8 Å². The van der Waals surface area contributed by atoms with Crippen molar-refractivity contribution < 1.29 is 31.1 Å². The van der Waals surface area contributed by atoms with Crippen molar-refractivity contribution in [1.29, 1.82) is 5.26 Å². The lowest BCUT2D eigenvalue weighted by Crippen LogP contribution is -2.18. The fourth-order valence-electron chi connectivity index (χ4n) is 2.75. The Balaban J connectivity index is 1.87. The summed E-state index contributed by atoms with van der Waals surface area (Å²) in [6, 6.07) is 4.75. The number of benzene rings is 1. The van der Waals surface area contributed by atoms with Crippen LogP contribution in [0.2, 0.25) is 0 Å². The number of amides is 1. The Morgan fingerprint density at radius 1 is 1.18 bits per heavy atom. The SMILES string of the molecule is Cc1cc(C(F)(F)F)c(C#N)c(SCC(=O)Nc2cc(C(F)(F)F)ccc2-n2cncn2)n1. The highest BCUT2D eigenvalue weighted by molar-refractivity contribution is 8.00. The molecular weight excluding hydrogens is 474 g/mol. The van der Waals surface area contributed by atoms with E-state index in [0.717, 1.165) is 29.2 Å². The number of nitriles is 1. The minimum atomic E-state index is -4.80. The molecule has 1 amide bonds. The fourth-order valence-corrected chi connectivity index (χ4v) is 3.59. The van der Waals surface area contributed by atoms with Crippen LogP contribution in [0.25, 0.3) is 5.69 Å². The standard InChI is InChI=1S/C19H12F6N6OS/c1-10-4-13(19(23,24)25)12(6-26)17(29-10)33-7-16(32)30-14-5-11(18(20,21)22)2-3-15(14)31-9-27-8-28-31/h2-5,8-9H,7H2,1H3,(H,30,32). The van der Waals surface area contributed by atoms with E-state index in [-0.39, 0.29) is 22.1 Å². The average molecular weight is 486 g/mol. The molecule has 0 radical (unpaired) electrons. The molecule has 0 aliphatic carbocycles. The summed E-state index contributed by atoms with van der Waals surface area (Å²) < 4.78 is 80.2. The number of aromatic nitrogens is 4. The van der Waals surface area contributed by atoms with Gasteiger partial charge < -0.3 is 5.32 Å². The Kier molecular flexibility index (Phi) is 6.63. The van der Waals surface area contributed by atoms with Gasteiger partial charge in [-0.3, -0.25) is 4.79 Å². The zero-order chi connectivity index (χ0) is 24.4. The monoisotopic (exact) mass is 486 g/mol. The van der Waals surface area contributed by atoms with Gasteiger partial charge in [0.1, 0.15) is 23.7 Å². The number of halogens is 6. The fraction of sp³-hybridized carbons (Fsp3) is 0.211. The van der Waals surface area contributed by atoms with Crippen molar-refractivity contribution >= 4 is 23.4 Å². The van der Waals surface area contributed by atoms with Crippen LogP contribution in [0.1, 0.15) is 22.4 Å². The average Bonchev–Trinajstić information content (AvgIpc) is 3.25. The van der Waals surface area contributed by atoms with Crippen molar-refractivity contribution in [2.75, 3.05) is 11.1 Å². The van der Waals surface area contributed by atoms with E-state index >= 15 is 0 Å². The van der Waals surface area contributed by atoms with E-state index in [1.165, 1.54) is 19.3 Å². The van der Waals surface area contributed by atoms with E-state index in [4.69, 9.17) is 0 Å². The zero-order valence-electron chi connectivity index (χ0n) is 16.5. The molecule has 0 unspecified atom stereocenters. The van der Waals surface area contributed by atoms with Gasteiger partial charge >= 0.3 is 12.4 Å². The number of nitrogens with one attached hydrogen (secondary N) is 1. The van der Waals surface area contributed by atoms with Crippen molar-refractivity contribution in [2.24, 2.45) is 0 Å². The van der Waals surface area contributed by atoms with Crippen LogP contribution in [0.15, 0.2) is 41.9 Å². The second-order valence-electron chi connectivity index (χ2n) is 6.51. The van der Waals surface area contributed by atoms with Gasteiger partial charge in [0, 0.05) is 5.69 Å². The highest BCUT2D eigenvalue weighted by Crippen LogP contribution is 2.36. The normalized spacial score (nSPS) is 11.8. The topological polar surface area (TPSA) is 96.5 Å². The third kappa shape index (κ3) is 5.61. The lowest BCUT2D eigenvalue weighted by Gasteiger charge is -2.15. The van der Waals surface area contributed by atoms with Crippen molar-refractivity contribution in [2.45, 2.75) is 24.3 Å². The summed E-state index contributed by atoms with van der Waals surface area (Å²) in [5.41, 5.74) is -3.13. The molecule has 1 aromatic carbocycles. The highest BCUT2D eigenvalue weighted by atomic mass is 32.2. The number of hydrogen-bond acceptors (Lipinski definition) is 6. The van der Waals surface area contributed by atoms with Gasteiger partial charge in [0.05, 0.1) is 33.8 Å². The third-order valence-electron chi connectivity index (χ3n) is 4.14. The largest absolute Gasteiger partial charge is 0.417 e. The molecule has 3 rings (SSSR count). The molecule has 0 aliphatic rings. The molecule has 0 saturated carbocycles. The zero-order valence-corrected chi connectivity index (χ0v) is 17.3. The molecule has 0 aliphatic heterocycles. The number of nitrogens with zero attached hydrogens (tertiary/aromatic N) is 5. The van der Waals surface area contributed by atoms with E-state index < -0.39 is 40.7 Å². The van der Waals surface area contributed by atoms with Crippen molar-refractivity contribution in [3.63, 3.8) is 0 Å². The molecule has 7 nitrogen and oxygen atoms in total. The van der Waals surface area contributed by atoms with Crippen molar-refractivity contribution in [3.8, 4) is 11.8 Å². The second kappa shape index (κ2) is 9.10. The maximum Gasteiger partial charge on any atom is 0.417 e. The number of thioether (sulfide) groups is 1. The minimum Gasteiger partial charge on any atom is -0.323 e. The van der Waals surface area contributed by atoms with Crippen LogP contribution in [0, 0.1) is 18.3 Å². The molecule has 172 valence electrons. The number of hydrogen-bond donors (Lipinski definition) is 1. The molecule has 2 aromatic heterocycles. The van der Waals surface area contributed by atoms with Crippen LogP contribution in [0.3, 0.4) is 0 Å². The molecule has 1 N–H and O–H groups in total. The molecule has 0 fully saturated rings. The lowest BCUT2D eigenvalue weighted by molar-refractivity contribution is -0.138. The van der Waals surface area contributed by atoms with Gasteiger partial charge in [0.25, 0.3) is 0 Å². The Morgan fingerprint density at radius 2 is 1.91 bits per heavy atom. The number of alkyl halides is 6. The second-order valence-corrected chi connectivity index (χ2v) is 7.47. The van der Waals surface area contributed by atoms with Gasteiger partial charge in [0.15, 0.2) is 0 Å². The summed E-state index contributed by atoms with van der Waals surface area (Å²) in [5.74, 6) is -1.35. The van der Waals surface area contributed by atoms with Crippen molar-refractivity contribution in [3.05, 3.63) is 59.3 Å². The number of rotatable bonds is 5. The molecule has 2 heterocycles. The number of carbonyl (C=O) groups excluding carboxylic acids is 1. The lowest BCUT2D eigenvalue weighted by atomic mass is 10.1. The quantitative estimate of drug-likeness (QED) is 0.418. The van der Waals surface area contributed by atoms with Crippen LogP contribution in [-0.4, -0.2) is 31.4 Å². The Hall–Kier alpha value is -3.60. The van der Waals surface area contributed by atoms with E-state index in [2.05, 4.69) is 20.4 Å². The van der Waals surface area contributed by atoms with E-state index in [1.807, 2.05) is 0 Å². The molecular formula is C19H12F6N6OS. The van der Waals surface area contributed by atoms with E-state index in [9.17, 15) is 36.4 Å². The van der Waals surface area contributed by atoms with Crippen molar-refractivity contribution in [1.82, 2.24) is 19.7 Å². The van der Waals surface area contributed by atoms with Gasteiger partial charge in [-0.05, 0) is 31.2 Å². The number of carbonyl (C=O) groups is 1. The predicted molar refractivity (Wildman–Crippen MR) is 104 cm³/mol. The summed E-state index contributed by atoms with van der Waals surface area (Å²) in [5, 5.41) is 15.0. The Bertz CT molecular complexity index is 1220. The number of anilines is 1. The molecule has 14 heteroatoms. The number of pyridine rings is 1. The van der Waals surface area contributed by atoms with Gasteiger partial charge in [0.2, 0.25) is 5.91 Å². The van der Waals surface area contributed by atoms with Crippen LogP contribution < -0.4 is 5.32 Å². The molecule has 0 saturated heterocycles. The summed E-state index contributed by atoms with van der Waals surface area (Å²) in [7, 11) is 0. The molecule has 0 atom stereocenters. The van der Waals surface area contributed by atoms with E-state index in [1.54, 1.807) is 0 Å². The first-order chi connectivity index (χ1) is 15.4. The molecule has 33 heavy (non-hydrogen) atoms. The van der Waals surface area contributed by atoms with Crippen LogP contribution in [0.4, 0.5) is 32.0 Å². The highest BCUT2D eigenvalue weighted by Gasteiger charge is 2.36. The Morgan fingerprint density at radius 3 is 2.48 bits per heavy atom. The predicted octanol–water partition coefficient (Wildman–Crippen LogP) is 4.61. The molecule has 3 aromatic rings. The number of aryl methyl sites for hydroxylation is 1. The van der Waals surface area contributed by atoms with Gasteiger partial charge in [-0.1, -0.05) is 11.8 Å². The first-order valence-electron chi connectivity index (χ1n) is 8.88. The maximum absolute atomic E-state index is 13.2. The summed E-state index contributed by atoms with van der Waals surface area (Å²) in [4.78, 5) is 20.0. The summed E-state index contributed by atoms with van der Waals surface area (Å²) in [6.07, 6.45) is -7.14. The molecule has 0 bridgehead atoms. The van der Waals surface area contributed by atoms with Gasteiger partial charge in [-0.2, -0.15) is 36.7 Å². The third-order valence-corrected chi connectivity index (χ3v) is 5.11. The van der Waals surface area contributed by atoms with Crippen LogP contribution in [0.5, 0.6) is 0 Å². The smallest absolute Gasteiger partial charge is 0.323 e. The van der Waals surface area contributed by atoms with Gasteiger partial charge in [-0.25, -0.2) is 14.6 Å². The first kappa shape index (κ1) is 24.1. The summed E-state index contributed by atoms with van der Waals surface area (Å²) >= 11 is 0.554. The molecule has 0 spiro atoms. The first-order valence-corrected chi connectivity index (χ1v) is 9.86. The maximum atomic E-state index is 13.2. The van der Waals surface area contributed by atoms with Gasteiger partial charge in [-0.15, -0.1) is 0 Å². The summed E-state index contributed by atoms with van der Waals surface area (Å²) in [6.45, 7) is 1.30. The Labute approximate surface area is 186 Å². The van der Waals surface area contributed by atoms with Crippen LogP contribution >= 0.6 is 11.8 Å². The minimum absolute atomic E-state index is 0.0180. The van der Waals surface area contributed by atoms with Crippen LogP contribution in [-0.2, 0) is 17.1 Å².